The number of rotatable bonds is 2. The van der Waals surface area contributed by atoms with Crippen molar-refractivity contribution in [3.05, 3.63) is 39.7 Å². The number of pyridine rings is 1. The lowest BCUT2D eigenvalue weighted by molar-refractivity contribution is 0.0697. The molecule has 0 aromatic carbocycles. The van der Waals surface area contributed by atoms with E-state index in [4.69, 9.17) is 16.7 Å². The quantitative estimate of drug-likeness (QED) is 0.925. The summed E-state index contributed by atoms with van der Waals surface area (Å²) in [6, 6.07) is 3.44. The molecule has 0 bridgehead atoms. The largest absolute Gasteiger partial charge is 0.478 e. The Balaban J connectivity index is 2.49. The Kier molecular flexibility index (Phi) is 2.93. The van der Waals surface area contributed by atoms with Gasteiger partial charge in [-0.2, -0.15) is 5.10 Å². The van der Waals surface area contributed by atoms with Crippen LogP contribution in [0.4, 0.5) is 0 Å². The summed E-state index contributed by atoms with van der Waals surface area (Å²) in [5.74, 6) is -0.658. The maximum atomic E-state index is 10.8. The zero-order chi connectivity index (χ0) is 11.7. The molecule has 2 aromatic rings. The molecule has 0 unspecified atom stereocenters. The van der Waals surface area contributed by atoms with E-state index in [2.05, 4.69) is 26.0 Å². The van der Waals surface area contributed by atoms with Gasteiger partial charge in [-0.3, -0.25) is 0 Å². The summed E-state index contributed by atoms with van der Waals surface area (Å²) in [6.07, 6.45) is 2.77. The van der Waals surface area contributed by atoms with Gasteiger partial charge in [0.05, 0.1) is 6.20 Å². The minimum Gasteiger partial charge on any atom is -0.478 e. The van der Waals surface area contributed by atoms with E-state index in [1.165, 1.54) is 10.9 Å². The molecule has 0 aliphatic heterocycles. The Morgan fingerprint density at radius 3 is 2.69 bits per heavy atom. The molecule has 1 N–H and O–H groups in total. The summed E-state index contributed by atoms with van der Waals surface area (Å²) in [7, 11) is 0. The van der Waals surface area contributed by atoms with Crippen LogP contribution in [0.25, 0.3) is 5.82 Å². The van der Waals surface area contributed by atoms with Gasteiger partial charge in [-0.05, 0) is 28.1 Å². The first-order valence-electron chi connectivity index (χ1n) is 4.18. The summed E-state index contributed by atoms with van der Waals surface area (Å²) >= 11 is 9.11. The van der Waals surface area contributed by atoms with Gasteiger partial charge in [0.15, 0.2) is 5.82 Å². The fraction of sp³-hybridized carbons (Fsp3) is 0. The first-order valence-corrected chi connectivity index (χ1v) is 5.35. The van der Waals surface area contributed by atoms with E-state index in [0.29, 0.717) is 5.82 Å². The molecule has 2 aromatic heterocycles. The molecule has 5 nitrogen and oxygen atoms in total. The normalized spacial score (nSPS) is 10.4. The second-order valence-electron chi connectivity index (χ2n) is 2.90. The van der Waals surface area contributed by atoms with Crippen LogP contribution in [0.3, 0.4) is 0 Å². The topological polar surface area (TPSA) is 68.0 Å². The van der Waals surface area contributed by atoms with Crippen molar-refractivity contribution in [3.63, 3.8) is 0 Å². The number of aromatic nitrogens is 3. The summed E-state index contributed by atoms with van der Waals surface area (Å²) in [4.78, 5) is 14.8. The van der Waals surface area contributed by atoms with Crippen LogP contribution in [0.1, 0.15) is 10.4 Å². The van der Waals surface area contributed by atoms with Crippen LogP contribution in [-0.4, -0.2) is 25.8 Å². The third-order valence-electron chi connectivity index (χ3n) is 1.87. The van der Waals surface area contributed by atoms with E-state index in [0.717, 1.165) is 4.47 Å². The molecule has 0 amide bonds. The number of hydrogen-bond acceptors (Lipinski definition) is 3. The van der Waals surface area contributed by atoms with Gasteiger partial charge < -0.3 is 5.11 Å². The van der Waals surface area contributed by atoms with Crippen LogP contribution < -0.4 is 0 Å². The third kappa shape index (κ3) is 1.94. The monoisotopic (exact) mass is 301 g/mol. The van der Waals surface area contributed by atoms with Gasteiger partial charge in [-0.15, -0.1) is 0 Å². The molecular weight excluding hydrogens is 297 g/mol. The van der Waals surface area contributed by atoms with Crippen molar-refractivity contribution >= 4 is 33.5 Å². The molecule has 0 saturated carbocycles. The standard InChI is InChI=1S/C9H5BrClN3O2/c10-5-1-2-7(12-3-5)14-8(11)6(4-13-14)9(15)16/h1-4H,(H,15,16). The zero-order valence-electron chi connectivity index (χ0n) is 7.76. The maximum Gasteiger partial charge on any atom is 0.340 e. The van der Waals surface area contributed by atoms with Crippen molar-refractivity contribution in [2.45, 2.75) is 0 Å². The Morgan fingerprint density at radius 2 is 2.19 bits per heavy atom. The fourth-order valence-electron chi connectivity index (χ4n) is 1.13. The maximum absolute atomic E-state index is 10.8. The van der Waals surface area contributed by atoms with Gasteiger partial charge in [-0.1, -0.05) is 11.6 Å². The lowest BCUT2D eigenvalue weighted by Gasteiger charge is -2.01. The smallest absolute Gasteiger partial charge is 0.340 e. The zero-order valence-corrected chi connectivity index (χ0v) is 10.1. The van der Waals surface area contributed by atoms with Crippen molar-refractivity contribution in [3.8, 4) is 5.82 Å². The van der Waals surface area contributed by atoms with E-state index in [9.17, 15) is 4.79 Å². The SMILES string of the molecule is O=C(O)c1cnn(-c2ccc(Br)cn2)c1Cl. The molecule has 16 heavy (non-hydrogen) atoms. The number of carboxylic acids is 1. The van der Waals surface area contributed by atoms with Crippen LogP contribution in [0, 0.1) is 0 Å². The number of aromatic carboxylic acids is 1. The highest BCUT2D eigenvalue weighted by Gasteiger charge is 2.16. The van der Waals surface area contributed by atoms with Gasteiger partial charge in [0, 0.05) is 10.7 Å². The lowest BCUT2D eigenvalue weighted by atomic mass is 10.4. The molecule has 7 heteroatoms. The van der Waals surface area contributed by atoms with E-state index in [1.807, 2.05) is 0 Å². The number of carbonyl (C=O) groups is 1. The average molecular weight is 303 g/mol. The summed E-state index contributed by atoms with van der Waals surface area (Å²) in [5.41, 5.74) is -0.0496. The van der Waals surface area contributed by atoms with E-state index in [-0.39, 0.29) is 10.7 Å². The molecule has 82 valence electrons. The first-order chi connectivity index (χ1) is 7.59. The predicted octanol–water partition coefficient (Wildman–Crippen LogP) is 2.38. The van der Waals surface area contributed by atoms with Crippen LogP contribution in [-0.2, 0) is 0 Å². The molecule has 0 saturated heterocycles. The molecule has 0 spiro atoms. The highest BCUT2D eigenvalue weighted by atomic mass is 79.9. The van der Waals surface area contributed by atoms with E-state index in [1.54, 1.807) is 18.3 Å². The molecule has 0 aliphatic carbocycles. The van der Waals surface area contributed by atoms with Crippen molar-refractivity contribution < 1.29 is 9.90 Å². The van der Waals surface area contributed by atoms with E-state index >= 15 is 0 Å². The highest BCUT2D eigenvalue weighted by Crippen LogP contribution is 2.19. The molecule has 0 radical (unpaired) electrons. The minimum absolute atomic E-state index is 0.0299. The van der Waals surface area contributed by atoms with Crippen LogP contribution in [0.15, 0.2) is 29.0 Å². The number of halogens is 2. The van der Waals surface area contributed by atoms with Crippen molar-refractivity contribution in [1.29, 1.82) is 0 Å². The number of hydrogen-bond donors (Lipinski definition) is 1. The Bertz CT molecular complexity index is 538. The minimum atomic E-state index is -1.12. The van der Waals surface area contributed by atoms with Crippen molar-refractivity contribution in [2.24, 2.45) is 0 Å². The first kappa shape index (κ1) is 11.1. The van der Waals surface area contributed by atoms with Crippen LogP contribution in [0.2, 0.25) is 5.15 Å². The molecule has 0 aliphatic rings. The summed E-state index contributed by atoms with van der Waals surface area (Å²) in [5, 5.41) is 12.7. The second kappa shape index (κ2) is 4.23. The van der Waals surface area contributed by atoms with Crippen LogP contribution in [0.5, 0.6) is 0 Å². The molecule has 0 fully saturated rings. The highest BCUT2D eigenvalue weighted by molar-refractivity contribution is 9.10. The third-order valence-corrected chi connectivity index (χ3v) is 2.70. The summed E-state index contributed by atoms with van der Waals surface area (Å²) in [6.45, 7) is 0. The Labute approximate surface area is 104 Å². The van der Waals surface area contributed by atoms with Crippen LogP contribution >= 0.6 is 27.5 Å². The number of nitrogens with zero attached hydrogens (tertiary/aromatic N) is 3. The van der Waals surface area contributed by atoms with Gasteiger partial charge in [0.2, 0.25) is 0 Å². The van der Waals surface area contributed by atoms with Gasteiger partial charge in [-0.25, -0.2) is 14.5 Å². The van der Waals surface area contributed by atoms with E-state index < -0.39 is 5.97 Å². The number of carboxylic acid groups (broad SMARTS) is 1. The fourth-order valence-corrected chi connectivity index (χ4v) is 1.62. The average Bonchev–Trinajstić information content (AvgIpc) is 2.61. The molecule has 2 rings (SSSR count). The van der Waals surface area contributed by atoms with Gasteiger partial charge in [0.1, 0.15) is 10.7 Å². The predicted molar refractivity (Wildman–Crippen MR) is 61.0 cm³/mol. The second-order valence-corrected chi connectivity index (χ2v) is 4.17. The molecule has 2 heterocycles. The molecule has 0 atom stereocenters. The van der Waals surface area contributed by atoms with Gasteiger partial charge >= 0.3 is 5.97 Å². The molecular formula is C9H5BrClN3O2. The summed E-state index contributed by atoms with van der Waals surface area (Å²) < 4.78 is 2.08. The van der Waals surface area contributed by atoms with Crippen molar-refractivity contribution in [1.82, 2.24) is 14.8 Å². The Hall–Kier alpha value is -1.40. The Morgan fingerprint density at radius 1 is 1.44 bits per heavy atom. The van der Waals surface area contributed by atoms with Gasteiger partial charge in [0.25, 0.3) is 0 Å². The van der Waals surface area contributed by atoms with Crippen molar-refractivity contribution in [2.75, 3.05) is 0 Å². The lowest BCUT2D eigenvalue weighted by Crippen LogP contribution is -2.00.